The van der Waals surface area contributed by atoms with Gasteiger partial charge in [0.05, 0.1) is 0 Å². The zero-order valence-electron chi connectivity index (χ0n) is 11.9. The number of Topliss-reactive ketones (excluding diaryl/α,β-unsaturated/α-hetero) is 1. The first-order valence-electron chi connectivity index (χ1n) is 8.34. The molecule has 0 aromatic rings. The van der Waals surface area contributed by atoms with Gasteiger partial charge in [-0.25, -0.2) is 0 Å². The lowest BCUT2D eigenvalue weighted by molar-refractivity contribution is -0.131. The van der Waals surface area contributed by atoms with E-state index >= 15 is 0 Å². The van der Waals surface area contributed by atoms with E-state index in [4.69, 9.17) is 0 Å². The van der Waals surface area contributed by atoms with E-state index < -0.39 is 0 Å². The molecule has 0 radical (unpaired) electrons. The second-order valence-electron chi connectivity index (χ2n) is 7.01. The van der Waals surface area contributed by atoms with Crippen molar-refractivity contribution in [2.75, 3.05) is 0 Å². The minimum Gasteiger partial charge on any atom is -0.299 e. The molecular weight excluding hydrogens is 220 g/mol. The number of fused-ring (bicyclic) bond motifs is 3. The van der Waals surface area contributed by atoms with Crippen molar-refractivity contribution in [1.82, 2.24) is 0 Å². The van der Waals surface area contributed by atoms with Crippen LogP contribution in [0.2, 0.25) is 0 Å². The van der Waals surface area contributed by atoms with Gasteiger partial charge in [-0.05, 0) is 55.8 Å². The monoisotopic (exact) mass is 248 g/mol. The highest BCUT2D eigenvalue weighted by molar-refractivity contribution is 5.82. The number of carbonyl (C=O) groups is 1. The van der Waals surface area contributed by atoms with Crippen molar-refractivity contribution in [1.29, 1.82) is 0 Å². The molecule has 0 heterocycles. The van der Waals surface area contributed by atoms with Crippen molar-refractivity contribution in [2.45, 2.75) is 71.1 Å². The molecule has 0 unspecified atom stereocenters. The Kier molecular flexibility index (Phi) is 3.77. The van der Waals surface area contributed by atoms with Crippen molar-refractivity contribution < 1.29 is 4.79 Å². The van der Waals surface area contributed by atoms with Crippen molar-refractivity contribution in [3.63, 3.8) is 0 Å². The highest BCUT2D eigenvalue weighted by atomic mass is 16.1. The first kappa shape index (κ1) is 12.7. The van der Waals surface area contributed by atoms with E-state index in [-0.39, 0.29) is 0 Å². The standard InChI is InChI=1S/C17H28O/c1-2-3-6-16-15-9-8-12-5-4-7-13(12)14(15)10-11-17(16)18/h12-16H,2-11H2,1H3/t12-,13+,14-,15-,16+/m0/s1. The van der Waals surface area contributed by atoms with Crippen LogP contribution in [0.1, 0.15) is 71.1 Å². The Morgan fingerprint density at radius 2 is 1.89 bits per heavy atom. The van der Waals surface area contributed by atoms with Crippen molar-refractivity contribution in [3.8, 4) is 0 Å². The highest BCUT2D eigenvalue weighted by Crippen LogP contribution is 2.54. The lowest BCUT2D eigenvalue weighted by Gasteiger charge is -2.46. The Labute approximate surface area is 112 Å². The molecule has 0 N–H and O–H groups in total. The van der Waals surface area contributed by atoms with Gasteiger partial charge in [0, 0.05) is 12.3 Å². The summed E-state index contributed by atoms with van der Waals surface area (Å²) >= 11 is 0. The van der Waals surface area contributed by atoms with E-state index in [1.54, 1.807) is 0 Å². The molecule has 3 saturated carbocycles. The summed E-state index contributed by atoms with van der Waals surface area (Å²) in [6.45, 7) is 2.25. The molecule has 1 heteroatoms. The molecule has 0 aliphatic heterocycles. The zero-order chi connectivity index (χ0) is 12.5. The van der Waals surface area contributed by atoms with Crippen molar-refractivity contribution >= 4 is 5.78 Å². The molecule has 1 nitrogen and oxygen atoms in total. The lowest BCUT2D eigenvalue weighted by Crippen LogP contribution is -2.42. The number of hydrogen-bond donors (Lipinski definition) is 0. The summed E-state index contributed by atoms with van der Waals surface area (Å²) in [5, 5.41) is 0. The van der Waals surface area contributed by atoms with Crippen LogP contribution in [0.25, 0.3) is 0 Å². The summed E-state index contributed by atoms with van der Waals surface area (Å²) in [5.74, 6) is 4.79. The number of rotatable bonds is 3. The normalized spacial score (nSPS) is 43.6. The van der Waals surface area contributed by atoms with Gasteiger partial charge >= 0.3 is 0 Å². The smallest absolute Gasteiger partial charge is 0.136 e. The van der Waals surface area contributed by atoms with Crippen LogP contribution in [0.3, 0.4) is 0 Å². The highest BCUT2D eigenvalue weighted by Gasteiger charge is 2.47. The Balaban J connectivity index is 1.73. The quantitative estimate of drug-likeness (QED) is 0.713. The molecule has 0 amide bonds. The van der Waals surface area contributed by atoms with Gasteiger partial charge in [-0.1, -0.05) is 32.6 Å². The second-order valence-corrected chi connectivity index (χ2v) is 7.01. The molecule has 3 rings (SSSR count). The molecule has 0 aromatic carbocycles. The maximum Gasteiger partial charge on any atom is 0.136 e. The molecular formula is C17H28O. The van der Waals surface area contributed by atoms with E-state index in [0.717, 1.165) is 30.1 Å². The average molecular weight is 248 g/mol. The maximum atomic E-state index is 12.2. The predicted molar refractivity (Wildman–Crippen MR) is 74.3 cm³/mol. The summed E-state index contributed by atoms with van der Waals surface area (Å²) < 4.78 is 0. The molecule has 0 aromatic heterocycles. The molecule has 18 heavy (non-hydrogen) atoms. The first-order valence-corrected chi connectivity index (χ1v) is 8.34. The van der Waals surface area contributed by atoms with Crippen molar-refractivity contribution in [2.24, 2.45) is 29.6 Å². The fraction of sp³-hybridized carbons (Fsp3) is 0.941. The third-order valence-corrected chi connectivity index (χ3v) is 6.21. The third-order valence-electron chi connectivity index (χ3n) is 6.21. The summed E-state index contributed by atoms with van der Waals surface area (Å²) in [7, 11) is 0. The van der Waals surface area contributed by atoms with Crippen LogP contribution >= 0.6 is 0 Å². The van der Waals surface area contributed by atoms with Gasteiger partial charge in [0.2, 0.25) is 0 Å². The molecule has 3 aliphatic carbocycles. The van der Waals surface area contributed by atoms with E-state index in [0.29, 0.717) is 11.7 Å². The van der Waals surface area contributed by atoms with E-state index in [1.165, 1.54) is 57.8 Å². The number of carbonyl (C=O) groups excluding carboxylic acids is 1. The minimum atomic E-state index is 0.449. The predicted octanol–water partition coefficient (Wildman–Crippen LogP) is 4.60. The molecule has 102 valence electrons. The van der Waals surface area contributed by atoms with Gasteiger partial charge < -0.3 is 0 Å². The number of ketones is 1. The van der Waals surface area contributed by atoms with E-state index in [1.807, 2.05) is 0 Å². The largest absolute Gasteiger partial charge is 0.299 e. The van der Waals surface area contributed by atoms with Crippen molar-refractivity contribution in [3.05, 3.63) is 0 Å². The average Bonchev–Trinajstić information content (AvgIpc) is 2.85. The maximum absolute atomic E-state index is 12.2. The first-order chi connectivity index (χ1) is 8.81. The molecule has 5 atom stereocenters. The zero-order valence-corrected chi connectivity index (χ0v) is 11.9. The molecule has 0 spiro atoms. The summed E-state index contributed by atoms with van der Waals surface area (Å²) in [6, 6.07) is 0. The van der Waals surface area contributed by atoms with Crippen LogP contribution in [0.15, 0.2) is 0 Å². The SMILES string of the molecule is CCCC[C@H]1C(=O)CC[C@H]2[C@@H]3CCC[C@H]3CC[C@@H]21. The molecule has 3 aliphatic rings. The van der Waals surface area contributed by atoms with Gasteiger partial charge in [-0.3, -0.25) is 4.79 Å². The molecule has 3 fully saturated rings. The summed E-state index contributed by atoms with van der Waals surface area (Å²) in [6.07, 6.45) is 13.0. The van der Waals surface area contributed by atoms with Crippen LogP contribution < -0.4 is 0 Å². The van der Waals surface area contributed by atoms with Gasteiger partial charge in [0.25, 0.3) is 0 Å². The third kappa shape index (κ3) is 2.14. The van der Waals surface area contributed by atoms with Gasteiger partial charge in [-0.2, -0.15) is 0 Å². The van der Waals surface area contributed by atoms with Crippen LogP contribution in [0, 0.1) is 29.6 Å². The Morgan fingerprint density at radius 1 is 1.00 bits per heavy atom. The number of unbranched alkanes of at least 4 members (excludes halogenated alkanes) is 1. The second kappa shape index (κ2) is 5.35. The summed E-state index contributed by atoms with van der Waals surface area (Å²) in [4.78, 5) is 12.2. The van der Waals surface area contributed by atoms with Crippen LogP contribution in [0.4, 0.5) is 0 Å². The van der Waals surface area contributed by atoms with E-state index in [2.05, 4.69) is 6.92 Å². The van der Waals surface area contributed by atoms with Crippen LogP contribution in [0.5, 0.6) is 0 Å². The van der Waals surface area contributed by atoms with Gasteiger partial charge in [0.1, 0.15) is 5.78 Å². The topological polar surface area (TPSA) is 17.1 Å². The van der Waals surface area contributed by atoms with E-state index in [9.17, 15) is 4.79 Å². The molecule has 0 bridgehead atoms. The Bertz CT molecular complexity index is 309. The molecule has 0 saturated heterocycles. The fourth-order valence-corrected chi connectivity index (χ4v) is 5.39. The van der Waals surface area contributed by atoms with Gasteiger partial charge in [-0.15, -0.1) is 0 Å². The number of hydrogen-bond acceptors (Lipinski definition) is 1. The summed E-state index contributed by atoms with van der Waals surface area (Å²) in [5.41, 5.74) is 0. The fourth-order valence-electron chi connectivity index (χ4n) is 5.39. The Hall–Kier alpha value is -0.330. The Morgan fingerprint density at radius 3 is 2.72 bits per heavy atom. The van der Waals surface area contributed by atoms with Crippen LogP contribution in [-0.4, -0.2) is 5.78 Å². The van der Waals surface area contributed by atoms with Gasteiger partial charge in [0.15, 0.2) is 0 Å². The van der Waals surface area contributed by atoms with Crippen LogP contribution in [-0.2, 0) is 4.79 Å². The lowest BCUT2D eigenvalue weighted by atomic mass is 9.58. The minimum absolute atomic E-state index is 0.449.